The van der Waals surface area contributed by atoms with E-state index in [0.717, 1.165) is 42.1 Å². The maximum atomic E-state index is 9.02. The quantitative estimate of drug-likeness (QED) is 0.0929. The number of rotatable bonds is 24. The van der Waals surface area contributed by atoms with E-state index in [4.69, 9.17) is 14.7 Å². The summed E-state index contributed by atoms with van der Waals surface area (Å²) >= 11 is 0. The van der Waals surface area contributed by atoms with Crippen molar-refractivity contribution in [2.45, 2.75) is 142 Å². The van der Waals surface area contributed by atoms with Crippen molar-refractivity contribution in [2.24, 2.45) is 0 Å². The Bertz CT molecular complexity index is 1040. The molecule has 0 spiro atoms. The number of nitriles is 1. The average molecular weight is 572 g/mol. The molecule has 230 valence electrons. The molecule has 0 radical (unpaired) electrons. The standard InChI is InChI=1S/C39H57NO2/c1-3-5-7-9-11-13-15-17-19-21-31-41-38-30-29-36(26-23-35-24-27-37(34-40)28-25-35)33-39(38)42-32-22-20-18-16-14-12-10-8-6-4-2/h24-25,27-30,33H,3-22,31-32H2,1-2H3. The van der Waals surface area contributed by atoms with Crippen LogP contribution in [0, 0.1) is 23.2 Å². The zero-order valence-corrected chi connectivity index (χ0v) is 26.9. The molecule has 0 saturated heterocycles. The molecule has 3 nitrogen and oxygen atoms in total. The Morgan fingerprint density at radius 3 is 1.31 bits per heavy atom. The predicted octanol–water partition coefficient (Wildman–Crippen LogP) is 11.6. The smallest absolute Gasteiger partial charge is 0.162 e. The Kier molecular flexibility index (Phi) is 20.7. The van der Waals surface area contributed by atoms with Gasteiger partial charge < -0.3 is 9.47 Å². The number of hydrogen-bond acceptors (Lipinski definition) is 3. The van der Waals surface area contributed by atoms with E-state index in [0.29, 0.717) is 12.2 Å². The monoisotopic (exact) mass is 571 g/mol. The highest BCUT2D eigenvalue weighted by Gasteiger charge is 2.07. The lowest BCUT2D eigenvalue weighted by molar-refractivity contribution is 0.258. The predicted molar refractivity (Wildman–Crippen MR) is 178 cm³/mol. The molecule has 0 fully saturated rings. The van der Waals surface area contributed by atoms with Crippen LogP contribution in [0.1, 0.15) is 159 Å². The topological polar surface area (TPSA) is 42.2 Å². The van der Waals surface area contributed by atoms with Crippen LogP contribution in [0.3, 0.4) is 0 Å². The lowest BCUT2D eigenvalue weighted by atomic mass is 10.1. The normalized spacial score (nSPS) is 10.6. The molecule has 0 unspecified atom stereocenters. The van der Waals surface area contributed by atoms with Crippen molar-refractivity contribution in [3.05, 3.63) is 59.2 Å². The highest BCUT2D eigenvalue weighted by molar-refractivity contribution is 5.51. The van der Waals surface area contributed by atoms with Gasteiger partial charge in [0.1, 0.15) is 0 Å². The summed E-state index contributed by atoms with van der Waals surface area (Å²) in [6.07, 6.45) is 26.3. The summed E-state index contributed by atoms with van der Waals surface area (Å²) in [6, 6.07) is 15.6. The molecule has 0 heterocycles. The fraction of sp³-hybridized carbons (Fsp3) is 0.615. The molecule has 2 aromatic rings. The van der Waals surface area contributed by atoms with Crippen molar-refractivity contribution in [2.75, 3.05) is 13.2 Å². The van der Waals surface area contributed by atoms with E-state index in [1.54, 1.807) is 12.1 Å². The van der Waals surface area contributed by atoms with Gasteiger partial charge in [-0.2, -0.15) is 5.26 Å². The molecule has 0 amide bonds. The summed E-state index contributed by atoms with van der Waals surface area (Å²) < 4.78 is 12.5. The van der Waals surface area contributed by atoms with Crippen LogP contribution >= 0.6 is 0 Å². The van der Waals surface area contributed by atoms with Gasteiger partial charge in [0.05, 0.1) is 24.8 Å². The van der Waals surface area contributed by atoms with Gasteiger partial charge in [0.25, 0.3) is 0 Å². The van der Waals surface area contributed by atoms with Crippen molar-refractivity contribution in [1.29, 1.82) is 5.26 Å². The highest BCUT2D eigenvalue weighted by Crippen LogP contribution is 2.29. The van der Waals surface area contributed by atoms with E-state index in [2.05, 4.69) is 31.8 Å². The van der Waals surface area contributed by atoms with Crippen molar-refractivity contribution in [3.8, 4) is 29.4 Å². The van der Waals surface area contributed by atoms with Crippen molar-refractivity contribution in [1.82, 2.24) is 0 Å². The fourth-order valence-electron chi connectivity index (χ4n) is 5.13. The molecular weight excluding hydrogens is 514 g/mol. The van der Waals surface area contributed by atoms with E-state index in [-0.39, 0.29) is 0 Å². The lowest BCUT2D eigenvalue weighted by Crippen LogP contribution is -2.03. The highest BCUT2D eigenvalue weighted by atomic mass is 16.5. The summed E-state index contributed by atoms with van der Waals surface area (Å²) in [5.41, 5.74) is 2.44. The van der Waals surface area contributed by atoms with E-state index >= 15 is 0 Å². The number of benzene rings is 2. The number of unbranched alkanes of at least 4 members (excludes halogenated alkanes) is 18. The van der Waals surface area contributed by atoms with Gasteiger partial charge in [-0.25, -0.2) is 0 Å². The number of nitrogens with zero attached hydrogens (tertiary/aromatic N) is 1. The van der Waals surface area contributed by atoms with E-state index in [9.17, 15) is 0 Å². The molecule has 0 N–H and O–H groups in total. The second kappa shape index (κ2) is 24.7. The third kappa shape index (κ3) is 17.1. The molecule has 0 aliphatic rings. The van der Waals surface area contributed by atoms with Crippen LogP contribution in [-0.2, 0) is 0 Å². The lowest BCUT2D eigenvalue weighted by Gasteiger charge is -2.13. The first kappa shape index (κ1) is 35.3. The third-order valence-electron chi connectivity index (χ3n) is 7.82. The fourth-order valence-corrected chi connectivity index (χ4v) is 5.13. The van der Waals surface area contributed by atoms with Crippen LogP contribution in [0.4, 0.5) is 0 Å². The summed E-state index contributed by atoms with van der Waals surface area (Å²) in [4.78, 5) is 0. The molecule has 3 heteroatoms. The molecule has 0 bridgehead atoms. The van der Waals surface area contributed by atoms with Crippen molar-refractivity contribution >= 4 is 0 Å². The van der Waals surface area contributed by atoms with Crippen LogP contribution in [0.2, 0.25) is 0 Å². The van der Waals surface area contributed by atoms with Crippen LogP contribution in [0.5, 0.6) is 11.5 Å². The van der Waals surface area contributed by atoms with E-state index in [1.807, 2.05) is 30.3 Å². The van der Waals surface area contributed by atoms with Crippen molar-refractivity contribution in [3.63, 3.8) is 0 Å². The van der Waals surface area contributed by atoms with Crippen LogP contribution in [0.15, 0.2) is 42.5 Å². The third-order valence-corrected chi connectivity index (χ3v) is 7.82. The number of hydrogen-bond donors (Lipinski definition) is 0. The summed E-state index contributed by atoms with van der Waals surface area (Å²) in [7, 11) is 0. The van der Waals surface area contributed by atoms with Gasteiger partial charge in [-0.15, -0.1) is 0 Å². The van der Waals surface area contributed by atoms with Gasteiger partial charge in [0, 0.05) is 11.1 Å². The van der Waals surface area contributed by atoms with Crippen LogP contribution in [-0.4, -0.2) is 13.2 Å². The first-order valence-electron chi connectivity index (χ1n) is 17.2. The maximum absolute atomic E-state index is 9.02. The summed E-state index contributed by atoms with van der Waals surface area (Å²) in [5, 5.41) is 9.02. The van der Waals surface area contributed by atoms with Gasteiger partial charge >= 0.3 is 0 Å². The second-order valence-electron chi connectivity index (χ2n) is 11.7. The summed E-state index contributed by atoms with van der Waals surface area (Å²) in [5.74, 6) is 8.08. The molecule has 0 atom stereocenters. The van der Waals surface area contributed by atoms with E-state index in [1.165, 1.54) is 116 Å². The Morgan fingerprint density at radius 2 is 0.833 bits per heavy atom. The minimum absolute atomic E-state index is 0.645. The zero-order chi connectivity index (χ0) is 29.9. The average Bonchev–Trinajstić information content (AvgIpc) is 3.02. The summed E-state index contributed by atoms with van der Waals surface area (Å²) in [6.45, 7) is 5.98. The molecule has 0 aliphatic heterocycles. The van der Waals surface area contributed by atoms with Gasteiger partial charge in [-0.1, -0.05) is 141 Å². The SMILES string of the molecule is CCCCCCCCCCCCOc1ccc(C#Cc2ccc(C#N)cc2)cc1OCCCCCCCCCCCC. The maximum Gasteiger partial charge on any atom is 0.162 e. The molecule has 42 heavy (non-hydrogen) atoms. The zero-order valence-electron chi connectivity index (χ0n) is 26.9. The minimum Gasteiger partial charge on any atom is -0.490 e. The Morgan fingerprint density at radius 1 is 0.452 bits per heavy atom. The van der Waals surface area contributed by atoms with Gasteiger partial charge in [0.15, 0.2) is 11.5 Å². The number of ether oxygens (including phenoxy) is 2. The first-order valence-corrected chi connectivity index (χ1v) is 17.2. The van der Waals surface area contributed by atoms with Crippen LogP contribution < -0.4 is 9.47 Å². The second-order valence-corrected chi connectivity index (χ2v) is 11.7. The first-order chi connectivity index (χ1) is 20.8. The van der Waals surface area contributed by atoms with Gasteiger partial charge in [-0.05, 0) is 55.3 Å². The minimum atomic E-state index is 0.645. The van der Waals surface area contributed by atoms with Gasteiger partial charge in [0.2, 0.25) is 0 Å². The van der Waals surface area contributed by atoms with E-state index < -0.39 is 0 Å². The Balaban J connectivity index is 1.79. The molecule has 0 aromatic heterocycles. The largest absolute Gasteiger partial charge is 0.490 e. The molecule has 0 saturated carbocycles. The molecule has 0 aliphatic carbocycles. The molecular formula is C39H57NO2. The van der Waals surface area contributed by atoms with Crippen LogP contribution in [0.25, 0.3) is 0 Å². The Hall–Kier alpha value is -2.91. The van der Waals surface area contributed by atoms with Crippen molar-refractivity contribution < 1.29 is 9.47 Å². The van der Waals surface area contributed by atoms with Gasteiger partial charge in [-0.3, -0.25) is 0 Å². The molecule has 2 rings (SSSR count). The Labute approximate surface area is 258 Å². The molecule has 2 aromatic carbocycles.